The van der Waals surface area contributed by atoms with Crippen LogP contribution in [0.1, 0.15) is 11.4 Å². The average Bonchev–Trinajstić information content (AvgIpc) is 2.68. The second-order valence-corrected chi connectivity index (χ2v) is 4.53. The molecule has 5 heteroatoms. The van der Waals surface area contributed by atoms with E-state index in [-0.39, 0.29) is 6.04 Å². The third-order valence-corrected chi connectivity index (χ3v) is 2.91. The largest absolute Gasteiger partial charge is 0.327 e. The minimum Gasteiger partial charge on any atom is -0.327 e. The maximum atomic E-state index is 6.09. The summed E-state index contributed by atoms with van der Waals surface area (Å²) in [5.41, 5.74) is 7.27. The predicted octanol–water partition coefficient (Wildman–Crippen LogP) is 1.58. The Hall–Kier alpha value is -1.39. The molecule has 2 N–H and O–H groups in total. The first-order chi connectivity index (χ1) is 8.15. The Kier molecular flexibility index (Phi) is 3.76. The van der Waals surface area contributed by atoms with Crippen LogP contribution in [0.25, 0.3) is 0 Å². The van der Waals surface area contributed by atoms with E-state index in [4.69, 9.17) is 17.3 Å². The van der Waals surface area contributed by atoms with Crippen LogP contribution in [-0.2, 0) is 19.9 Å². The lowest BCUT2D eigenvalue weighted by atomic mass is 10.0. The highest BCUT2D eigenvalue weighted by atomic mass is 35.5. The summed E-state index contributed by atoms with van der Waals surface area (Å²) in [6.07, 6.45) is 3.08. The van der Waals surface area contributed by atoms with Crippen molar-refractivity contribution in [3.05, 3.63) is 47.0 Å². The number of nitrogens with zero attached hydrogens (tertiary/aromatic N) is 3. The first kappa shape index (κ1) is 12.1. The number of aromatic nitrogens is 3. The maximum absolute atomic E-state index is 6.09. The van der Waals surface area contributed by atoms with Gasteiger partial charge >= 0.3 is 0 Å². The van der Waals surface area contributed by atoms with Gasteiger partial charge in [0.05, 0.1) is 0 Å². The first-order valence-electron chi connectivity index (χ1n) is 5.48. The van der Waals surface area contributed by atoms with Crippen LogP contribution in [0.4, 0.5) is 0 Å². The Morgan fingerprint density at radius 3 is 2.59 bits per heavy atom. The number of aryl methyl sites for hydroxylation is 1. The molecule has 1 aromatic heterocycles. The summed E-state index contributed by atoms with van der Waals surface area (Å²) < 4.78 is 1.75. The van der Waals surface area contributed by atoms with Crippen molar-refractivity contribution in [1.29, 1.82) is 0 Å². The number of benzene rings is 1. The average molecular weight is 251 g/mol. The molecular weight excluding hydrogens is 236 g/mol. The quantitative estimate of drug-likeness (QED) is 0.897. The summed E-state index contributed by atoms with van der Waals surface area (Å²) in [5.74, 6) is 0.909. The second kappa shape index (κ2) is 5.29. The Morgan fingerprint density at radius 2 is 2.00 bits per heavy atom. The molecule has 2 aromatic rings. The molecule has 0 saturated heterocycles. The van der Waals surface area contributed by atoms with Gasteiger partial charge in [0.2, 0.25) is 0 Å². The molecular formula is C12H15ClN4. The molecule has 0 bridgehead atoms. The summed E-state index contributed by atoms with van der Waals surface area (Å²) in [6.45, 7) is 0. The van der Waals surface area contributed by atoms with E-state index in [1.165, 1.54) is 5.56 Å². The number of hydrogen-bond acceptors (Lipinski definition) is 3. The second-order valence-electron chi connectivity index (χ2n) is 4.09. The highest BCUT2D eigenvalue weighted by Gasteiger charge is 2.09. The third-order valence-electron chi connectivity index (χ3n) is 2.66. The molecule has 1 heterocycles. The Balaban J connectivity index is 1.95. The van der Waals surface area contributed by atoms with Gasteiger partial charge in [0.1, 0.15) is 12.2 Å². The molecule has 17 heavy (non-hydrogen) atoms. The third kappa shape index (κ3) is 3.28. The van der Waals surface area contributed by atoms with Gasteiger partial charge in [-0.15, -0.1) is 0 Å². The molecule has 0 spiro atoms. The van der Waals surface area contributed by atoms with Gasteiger partial charge < -0.3 is 5.73 Å². The van der Waals surface area contributed by atoms with Gasteiger partial charge in [-0.3, -0.25) is 4.68 Å². The molecule has 90 valence electrons. The van der Waals surface area contributed by atoms with E-state index in [0.29, 0.717) is 0 Å². The van der Waals surface area contributed by atoms with E-state index >= 15 is 0 Å². The summed E-state index contributed by atoms with van der Waals surface area (Å²) in [6, 6.07) is 7.80. The Morgan fingerprint density at radius 1 is 1.29 bits per heavy atom. The van der Waals surface area contributed by atoms with Gasteiger partial charge in [0.25, 0.3) is 0 Å². The Labute approximate surface area is 105 Å². The van der Waals surface area contributed by atoms with Crippen molar-refractivity contribution in [2.45, 2.75) is 18.9 Å². The smallest absolute Gasteiger partial charge is 0.138 e. The van der Waals surface area contributed by atoms with Crippen molar-refractivity contribution in [3.63, 3.8) is 0 Å². The number of hydrogen-bond donors (Lipinski definition) is 1. The zero-order chi connectivity index (χ0) is 12.3. The molecule has 0 radical (unpaired) electrons. The van der Waals surface area contributed by atoms with Crippen LogP contribution in [0, 0.1) is 0 Å². The van der Waals surface area contributed by atoms with Crippen LogP contribution in [-0.4, -0.2) is 20.8 Å². The lowest BCUT2D eigenvalue weighted by molar-refractivity contribution is 0.603. The van der Waals surface area contributed by atoms with Crippen molar-refractivity contribution in [2.75, 3.05) is 0 Å². The Bertz CT molecular complexity index is 478. The standard InChI is InChI=1S/C12H15ClN4/c1-17-12(15-8-16-17)7-11(14)6-9-2-4-10(13)5-3-9/h2-5,8,11H,6-7,14H2,1H3. The van der Waals surface area contributed by atoms with Gasteiger partial charge in [0.15, 0.2) is 0 Å². The topological polar surface area (TPSA) is 56.7 Å². The lowest BCUT2D eigenvalue weighted by Gasteiger charge is -2.10. The molecule has 1 atom stereocenters. The summed E-state index contributed by atoms with van der Waals surface area (Å²) in [4.78, 5) is 4.16. The van der Waals surface area contributed by atoms with Crippen molar-refractivity contribution < 1.29 is 0 Å². The van der Waals surface area contributed by atoms with Crippen molar-refractivity contribution in [1.82, 2.24) is 14.8 Å². The molecule has 4 nitrogen and oxygen atoms in total. The van der Waals surface area contributed by atoms with Crippen LogP contribution < -0.4 is 5.73 Å². The zero-order valence-corrected chi connectivity index (χ0v) is 10.4. The van der Waals surface area contributed by atoms with Gasteiger partial charge in [-0.1, -0.05) is 23.7 Å². The molecule has 0 aliphatic carbocycles. The monoisotopic (exact) mass is 250 g/mol. The fourth-order valence-corrected chi connectivity index (χ4v) is 1.86. The molecule has 0 amide bonds. The van der Waals surface area contributed by atoms with Gasteiger partial charge in [-0.25, -0.2) is 4.98 Å². The van der Waals surface area contributed by atoms with E-state index in [1.54, 1.807) is 11.0 Å². The van der Waals surface area contributed by atoms with Crippen molar-refractivity contribution in [2.24, 2.45) is 12.8 Å². The summed E-state index contributed by atoms with van der Waals surface area (Å²) >= 11 is 5.83. The van der Waals surface area contributed by atoms with Crippen LogP contribution >= 0.6 is 11.6 Å². The van der Waals surface area contributed by atoms with Crippen LogP contribution in [0.2, 0.25) is 5.02 Å². The minimum atomic E-state index is 0.0408. The van der Waals surface area contributed by atoms with Gasteiger partial charge in [0, 0.05) is 24.5 Å². The highest BCUT2D eigenvalue weighted by Crippen LogP contribution is 2.11. The number of halogens is 1. The van der Waals surface area contributed by atoms with Crippen LogP contribution in [0.5, 0.6) is 0 Å². The number of rotatable bonds is 4. The van der Waals surface area contributed by atoms with E-state index in [0.717, 1.165) is 23.7 Å². The number of nitrogens with two attached hydrogens (primary N) is 1. The SMILES string of the molecule is Cn1ncnc1CC(N)Cc1ccc(Cl)cc1. The highest BCUT2D eigenvalue weighted by molar-refractivity contribution is 6.30. The normalized spacial score (nSPS) is 12.6. The molecule has 0 fully saturated rings. The minimum absolute atomic E-state index is 0.0408. The molecule has 2 rings (SSSR count). The molecule has 1 aromatic carbocycles. The lowest BCUT2D eigenvalue weighted by Crippen LogP contribution is -2.27. The zero-order valence-electron chi connectivity index (χ0n) is 9.68. The van der Waals surface area contributed by atoms with E-state index in [9.17, 15) is 0 Å². The molecule has 0 saturated carbocycles. The van der Waals surface area contributed by atoms with E-state index in [1.807, 2.05) is 31.3 Å². The first-order valence-corrected chi connectivity index (χ1v) is 5.86. The predicted molar refractivity (Wildman–Crippen MR) is 67.8 cm³/mol. The van der Waals surface area contributed by atoms with Crippen LogP contribution in [0.15, 0.2) is 30.6 Å². The summed E-state index contributed by atoms with van der Waals surface area (Å²) in [7, 11) is 1.87. The van der Waals surface area contributed by atoms with Crippen molar-refractivity contribution >= 4 is 11.6 Å². The fourth-order valence-electron chi connectivity index (χ4n) is 1.73. The molecule has 0 aliphatic heterocycles. The van der Waals surface area contributed by atoms with E-state index < -0.39 is 0 Å². The summed E-state index contributed by atoms with van der Waals surface area (Å²) in [5, 5.41) is 4.77. The van der Waals surface area contributed by atoms with Gasteiger partial charge in [-0.2, -0.15) is 5.10 Å². The molecule has 1 unspecified atom stereocenters. The molecule has 0 aliphatic rings. The maximum Gasteiger partial charge on any atom is 0.138 e. The fraction of sp³-hybridized carbons (Fsp3) is 0.333. The van der Waals surface area contributed by atoms with Crippen LogP contribution in [0.3, 0.4) is 0 Å². The van der Waals surface area contributed by atoms with Gasteiger partial charge in [-0.05, 0) is 24.1 Å². The van der Waals surface area contributed by atoms with Crippen molar-refractivity contribution in [3.8, 4) is 0 Å². The van der Waals surface area contributed by atoms with E-state index in [2.05, 4.69) is 10.1 Å².